The van der Waals surface area contributed by atoms with Crippen molar-refractivity contribution >= 4 is 6.08 Å². The first-order valence-electron chi connectivity index (χ1n) is 5.44. The van der Waals surface area contributed by atoms with Gasteiger partial charge < -0.3 is 9.84 Å². The molecule has 0 aliphatic heterocycles. The van der Waals surface area contributed by atoms with Crippen molar-refractivity contribution in [2.75, 3.05) is 7.11 Å². The maximum absolute atomic E-state index is 10.1. The number of benzene rings is 1. The van der Waals surface area contributed by atoms with Crippen molar-refractivity contribution in [2.45, 2.75) is 26.9 Å². The highest BCUT2D eigenvalue weighted by Crippen LogP contribution is 2.26. The quantitative estimate of drug-likeness (QED) is 0.793. The van der Waals surface area contributed by atoms with Gasteiger partial charge in [0, 0.05) is 0 Å². The molecule has 88 valence electrons. The molecule has 0 saturated carbocycles. The van der Waals surface area contributed by atoms with Crippen LogP contribution in [0.15, 0.2) is 36.1 Å². The summed E-state index contributed by atoms with van der Waals surface area (Å²) < 4.78 is 5.25. The Balaban J connectivity index is 2.95. The summed E-state index contributed by atoms with van der Waals surface area (Å²) in [4.78, 5) is 0. The summed E-state index contributed by atoms with van der Waals surface area (Å²) in [5.74, 6) is 0.596. The summed E-state index contributed by atoms with van der Waals surface area (Å²) in [7, 11) is 1.59. The summed E-state index contributed by atoms with van der Waals surface area (Å²) in [6, 6.07) is 9.85. The Bertz CT molecular complexity index is 347. The highest BCUT2D eigenvalue weighted by atomic mass is 16.5. The molecule has 0 saturated heterocycles. The first-order chi connectivity index (χ1) is 7.45. The SMILES string of the molecule is CO/C(=C/c1ccccc1)C(O)C(C)(C)C. The third-order valence-corrected chi connectivity index (χ3v) is 2.43. The Hall–Kier alpha value is -1.28. The van der Waals surface area contributed by atoms with Crippen LogP contribution < -0.4 is 0 Å². The lowest BCUT2D eigenvalue weighted by atomic mass is 9.87. The molecule has 1 unspecified atom stereocenters. The third kappa shape index (κ3) is 3.38. The van der Waals surface area contributed by atoms with Crippen molar-refractivity contribution in [3.8, 4) is 0 Å². The highest BCUT2D eigenvalue weighted by molar-refractivity contribution is 5.52. The molecule has 2 heteroatoms. The molecule has 0 bridgehead atoms. The van der Waals surface area contributed by atoms with Crippen molar-refractivity contribution in [1.82, 2.24) is 0 Å². The average molecular weight is 220 g/mol. The van der Waals surface area contributed by atoms with Crippen molar-refractivity contribution < 1.29 is 9.84 Å². The summed E-state index contributed by atoms with van der Waals surface area (Å²) in [6.07, 6.45) is 1.27. The van der Waals surface area contributed by atoms with E-state index in [1.165, 1.54) is 0 Å². The Kier molecular flexibility index (Phi) is 4.13. The van der Waals surface area contributed by atoms with Crippen molar-refractivity contribution in [1.29, 1.82) is 0 Å². The average Bonchev–Trinajstić information content (AvgIpc) is 2.25. The molecule has 0 fully saturated rings. The van der Waals surface area contributed by atoms with Crippen LogP contribution in [0.2, 0.25) is 0 Å². The fourth-order valence-corrected chi connectivity index (χ4v) is 1.39. The molecular formula is C14H20O2. The Morgan fingerprint density at radius 1 is 1.25 bits per heavy atom. The number of aliphatic hydroxyl groups excluding tert-OH is 1. The van der Waals surface area contributed by atoms with Gasteiger partial charge in [0.05, 0.1) is 7.11 Å². The van der Waals surface area contributed by atoms with Crippen LogP contribution in [0, 0.1) is 5.41 Å². The van der Waals surface area contributed by atoms with E-state index in [2.05, 4.69) is 0 Å². The molecule has 1 atom stereocenters. The zero-order chi connectivity index (χ0) is 12.2. The first-order valence-corrected chi connectivity index (χ1v) is 5.44. The molecular weight excluding hydrogens is 200 g/mol. The number of aliphatic hydroxyl groups is 1. The number of methoxy groups -OCH3 is 1. The van der Waals surface area contributed by atoms with Crippen molar-refractivity contribution in [3.63, 3.8) is 0 Å². The fourth-order valence-electron chi connectivity index (χ4n) is 1.39. The molecule has 0 heterocycles. The van der Waals surface area contributed by atoms with E-state index in [1.807, 2.05) is 57.2 Å². The molecule has 1 rings (SSSR count). The van der Waals surface area contributed by atoms with Crippen molar-refractivity contribution in [3.05, 3.63) is 41.7 Å². The van der Waals surface area contributed by atoms with E-state index in [-0.39, 0.29) is 5.41 Å². The van der Waals surface area contributed by atoms with Gasteiger partial charge in [-0.1, -0.05) is 51.1 Å². The lowest BCUT2D eigenvalue weighted by Gasteiger charge is -2.27. The van der Waals surface area contributed by atoms with Crippen LogP contribution in [0.1, 0.15) is 26.3 Å². The molecule has 0 spiro atoms. The van der Waals surface area contributed by atoms with E-state index >= 15 is 0 Å². The lowest BCUT2D eigenvalue weighted by molar-refractivity contribution is 0.0468. The van der Waals surface area contributed by atoms with Crippen LogP contribution in [0.5, 0.6) is 0 Å². The van der Waals surface area contributed by atoms with Crippen LogP contribution in [0.4, 0.5) is 0 Å². The van der Waals surface area contributed by atoms with Gasteiger partial charge in [-0.25, -0.2) is 0 Å². The number of hydrogen-bond acceptors (Lipinski definition) is 2. The number of rotatable bonds is 3. The van der Waals surface area contributed by atoms with Crippen LogP contribution in [-0.4, -0.2) is 18.3 Å². The molecule has 0 radical (unpaired) electrons. The van der Waals surface area contributed by atoms with Gasteiger partial charge in [0.25, 0.3) is 0 Å². The third-order valence-electron chi connectivity index (χ3n) is 2.43. The molecule has 0 amide bonds. The van der Waals surface area contributed by atoms with Crippen LogP contribution in [-0.2, 0) is 4.74 Å². The molecule has 0 aromatic heterocycles. The minimum atomic E-state index is -0.599. The standard InChI is InChI=1S/C14H20O2/c1-14(2,3)13(15)12(16-4)10-11-8-6-5-7-9-11/h5-10,13,15H,1-4H3/b12-10+. The predicted octanol–water partition coefficient (Wildman–Crippen LogP) is 3.08. The zero-order valence-corrected chi connectivity index (χ0v) is 10.4. The van der Waals surface area contributed by atoms with E-state index in [1.54, 1.807) is 7.11 Å². The molecule has 0 aliphatic carbocycles. The van der Waals surface area contributed by atoms with Gasteiger partial charge in [0.2, 0.25) is 0 Å². The monoisotopic (exact) mass is 220 g/mol. The van der Waals surface area contributed by atoms with E-state index in [0.717, 1.165) is 5.56 Å². The van der Waals surface area contributed by atoms with Gasteiger partial charge in [-0.3, -0.25) is 0 Å². The smallest absolute Gasteiger partial charge is 0.125 e. The maximum atomic E-state index is 10.1. The van der Waals surface area contributed by atoms with E-state index < -0.39 is 6.10 Å². The molecule has 16 heavy (non-hydrogen) atoms. The minimum absolute atomic E-state index is 0.226. The Morgan fingerprint density at radius 2 is 1.81 bits per heavy atom. The van der Waals surface area contributed by atoms with Gasteiger partial charge in [-0.15, -0.1) is 0 Å². The predicted molar refractivity (Wildman–Crippen MR) is 66.9 cm³/mol. The molecule has 1 N–H and O–H groups in total. The van der Waals surface area contributed by atoms with Gasteiger partial charge in [-0.2, -0.15) is 0 Å². The van der Waals surface area contributed by atoms with Gasteiger partial charge in [0.15, 0.2) is 0 Å². The summed E-state index contributed by atoms with van der Waals surface area (Å²) in [6.45, 7) is 5.94. The van der Waals surface area contributed by atoms with E-state index in [4.69, 9.17) is 4.74 Å². The van der Waals surface area contributed by atoms with Gasteiger partial charge >= 0.3 is 0 Å². The topological polar surface area (TPSA) is 29.5 Å². The van der Waals surface area contributed by atoms with Gasteiger partial charge in [-0.05, 0) is 17.1 Å². The van der Waals surface area contributed by atoms with Crippen molar-refractivity contribution in [2.24, 2.45) is 5.41 Å². The molecule has 1 aromatic carbocycles. The van der Waals surface area contributed by atoms with Crippen LogP contribution >= 0.6 is 0 Å². The van der Waals surface area contributed by atoms with E-state index in [0.29, 0.717) is 5.76 Å². The Morgan fingerprint density at radius 3 is 2.25 bits per heavy atom. The summed E-state index contributed by atoms with van der Waals surface area (Å²) >= 11 is 0. The second-order valence-corrected chi connectivity index (χ2v) is 4.93. The first kappa shape index (κ1) is 12.8. The number of hydrogen-bond donors (Lipinski definition) is 1. The van der Waals surface area contributed by atoms with Crippen LogP contribution in [0.3, 0.4) is 0 Å². The lowest BCUT2D eigenvalue weighted by Crippen LogP contribution is -2.28. The highest BCUT2D eigenvalue weighted by Gasteiger charge is 2.26. The maximum Gasteiger partial charge on any atom is 0.125 e. The largest absolute Gasteiger partial charge is 0.498 e. The van der Waals surface area contributed by atoms with Gasteiger partial charge in [0.1, 0.15) is 11.9 Å². The molecule has 2 nitrogen and oxygen atoms in total. The Labute approximate surface area is 97.6 Å². The second kappa shape index (κ2) is 5.17. The minimum Gasteiger partial charge on any atom is -0.498 e. The normalized spacial score (nSPS) is 14.7. The summed E-state index contributed by atoms with van der Waals surface area (Å²) in [5.41, 5.74) is 0.805. The fraction of sp³-hybridized carbons (Fsp3) is 0.429. The second-order valence-electron chi connectivity index (χ2n) is 4.93. The summed E-state index contributed by atoms with van der Waals surface area (Å²) in [5, 5.41) is 10.1. The van der Waals surface area contributed by atoms with Crippen LogP contribution in [0.25, 0.3) is 6.08 Å². The molecule has 0 aliphatic rings. The zero-order valence-electron chi connectivity index (χ0n) is 10.4. The molecule has 1 aromatic rings. The van der Waals surface area contributed by atoms with E-state index in [9.17, 15) is 5.11 Å². The number of ether oxygens (including phenoxy) is 1.